The van der Waals surface area contributed by atoms with Gasteiger partial charge in [0, 0.05) is 40.1 Å². The van der Waals surface area contributed by atoms with Gasteiger partial charge in [0.15, 0.2) is 0 Å². The number of hydrogen-bond donors (Lipinski definition) is 7. The lowest BCUT2D eigenvalue weighted by Crippen LogP contribution is -2.48. The van der Waals surface area contributed by atoms with Crippen LogP contribution in [0.4, 0.5) is 0 Å². The number of H-pyrrole nitrogens is 2. The normalized spacial score (nSPS) is 16.3. The van der Waals surface area contributed by atoms with Gasteiger partial charge in [-0.1, -0.05) is 36.4 Å². The molecule has 0 aliphatic heterocycles. The highest BCUT2D eigenvalue weighted by Gasteiger charge is 2.38. The minimum Gasteiger partial charge on any atom is -0.394 e. The fraction of sp³-hybridized carbons (Fsp3) is 0.273. The zero-order valence-corrected chi connectivity index (χ0v) is 15.6. The summed E-state index contributed by atoms with van der Waals surface area (Å²) < 4.78 is 0. The smallest absolute Gasteiger partial charge is 0.111 e. The molecule has 0 radical (unpaired) electrons. The molecule has 0 spiro atoms. The van der Waals surface area contributed by atoms with E-state index in [0.717, 1.165) is 32.9 Å². The first-order valence-corrected chi connectivity index (χ1v) is 9.48. The van der Waals surface area contributed by atoms with E-state index in [2.05, 4.69) is 9.97 Å². The molecule has 4 atom stereocenters. The molecule has 0 amide bonds. The van der Waals surface area contributed by atoms with Crippen LogP contribution in [0.1, 0.15) is 17.0 Å². The van der Waals surface area contributed by atoms with Gasteiger partial charge in [-0.05, 0) is 23.3 Å². The lowest BCUT2D eigenvalue weighted by molar-refractivity contribution is -0.117. The highest BCUT2D eigenvalue weighted by Crippen LogP contribution is 2.38. The van der Waals surface area contributed by atoms with Crippen molar-refractivity contribution in [3.63, 3.8) is 0 Å². The van der Waals surface area contributed by atoms with Gasteiger partial charge in [0.2, 0.25) is 0 Å². The van der Waals surface area contributed by atoms with Crippen LogP contribution in [0.3, 0.4) is 0 Å². The Kier molecular flexibility index (Phi) is 5.40. The van der Waals surface area contributed by atoms with E-state index in [1.807, 2.05) is 48.5 Å². The SMILES string of the molecule is OC[C@@H](O)[C@@H](O)[C@H](O)[C@@H](O)C(c1c[nH]c2ccccc12)c1c[nH]c2ccccc12. The Morgan fingerprint density at radius 1 is 0.655 bits per heavy atom. The Bertz CT molecular complexity index is 1030. The quantitative estimate of drug-likeness (QED) is 0.252. The molecule has 0 unspecified atom stereocenters. The molecule has 0 saturated carbocycles. The van der Waals surface area contributed by atoms with Crippen molar-refractivity contribution in [2.75, 3.05) is 6.61 Å². The molecule has 0 fully saturated rings. The molecule has 152 valence electrons. The summed E-state index contributed by atoms with van der Waals surface area (Å²) in [7, 11) is 0. The number of aromatic nitrogens is 2. The molecule has 4 rings (SSSR count). The average molecular weight is 396 g/mol. The second-order valence-electron chi connectivity index (χ2n) is 7.28. The van der Waals surface area contributed by atoms with E-state index in [1.54, 1.807) is 12.4 Å². The first-order valence-electron chi connectivity index (χ1n) is 9.48. The minimum atomic E-state index is -1.70. The topological polar surface area (TPSA) is 133 Å². The maximum absolute atomic E-state index is 11.1. The molecule has 7 heteroatoms. The van der Waals surface area contributed by atoms with Gasteiger partial charge in [0.1, 0.15) is 18.3 Å². The Morgan fingerprint density at radius 3 is 1.62 bits per heavy atom. The maximum atomic E-state index is 11.1. The molecule has 0 saturated heterocycles. The Hall–Kier alpha value is -2.68. The van der Waals surface area contributed by atoms with Crippen molar-refractivity contribution < 1.29 is 25.5 Å². The van der Waals surface area contributed by atoms with Crippen molar-refractivity contribution in [1.29, 1.82) is 0 Å². The number of aromatic amines is 2. The molecule has 0 aliphatic carbocycles. The molecule has 2 aromatic heterocycles. The number of nitrogens with one attached hydrogen (secondary N) is 2. The number of benzene rings is 2. The molecule has 2 heterocycles. The van der Waals surface area contributed by atoms with Crippen LogP contribution < -0.4 is 0 Å². The largest absolute Gasteiger partial charge is 0.394 e. The van der Waals surface area contributed by atoms with E-state index in [4.69, 9.17) is 5.11 Å². The van der Waals surface area contributed by atoms with Crippen LogP contribution >= 0.6 is 0 Å². The number of rotatable bonds is 7. The third kappa shape index (κ3) is 3.43. The van der Waals surface area contributed by atoms with E-state index in [-0.39, 0.29) is 0 Å². The molecule has 29 heavy (non-hydrogen) atoms. The predicted octanol–water partition coefficient (Wildman–Crippen LogP) is 1.22. The summed E-state index contributed by atoms with van der Waals surface area (Å²) >= 11 is 0. The monoisotopic (exact) mass is 396 g/mol. The second-order valence-corrected chi connectivity index (χ2v) is 7.28. The molecule has 4 aromatic rings. The maximum Gasteiger partial charge on any atom is 0.111 e. The summed E-state index contributed by atoms with van der Waals surface area (Å²) in [6, 6.07) is 15.2. The second kappa shape index (κ2) is 7.98. The van der Waals surface area contributed by atoms with Gasteiger partial charge in [-0.2, -0.15) is 0 Å². The molecular weight excluding hydrogens is 372 g/mol. The van der Waals surface area contributed by atoms with Crippen molar-refractivity contribution in [1.82, 2.24) is 9.97 Å². The summed E-state index contributed by atoms with van der Waals surface area (Å²) in [5.41, 5.74) is 3.26. The minimum absolute atomic E-state index is 0.696. The zero-order valence-electron chi connectivity index (χ0n) is 15.6. The number of hydrogen-bond acceptors (Lipinski definition) is 5. The highest BCUT2D eigenvalue weighted by molar-refractivity contribution is 5.88. The Morgan fingerprint density at radius 2 is 1.14 bits per heavy atom. The molecule has 0 aliphatic rings. The van der Waals surface area contributed by atoms with Gasteiger partial charge < -0.3 is 35.5 Å². The van der Waals surface area contributed by atoms with E-state index >= 15 is 0 Å². The first-order chi connectivity index (χ1) is 14.0. The summed E-state index contributed by atoms with van der Waals surface area (Å²) in [6.07, 6.45) is -2.82. The summed E-state index contributed by atoms with van der Waals surface area (Å²) in [5, 5.41) is 52.5. The van der Waals surface area contributed by atoms with Gasteiger partial charge >= 0.3 is 0 Å². The van der Waals surface area contributed by atoms with Crippen LogP contribution in [0.25, 0.3) is 21.8 Å². The van der Waals surface area contributed by atoms with E-state index < -0.39 is 36.9 Å². The molecule has 7 nitrogen and oxygen atoms in total. The van der Waals surface area contributed by atoms with Crippen LogP contribution in [0, 0.1) is 0 Å². The third-order valence-electron chi connectivity index (χ3n) is 5.54. The summed E-state index contributed by atoms with van der Waals surface area (Å²) in [5.74, 6) is -0.696. The Labute approximate surface area is 166 Å². The van der Waals surface area contributed by atoms with E-state index in [9.17, 15) is 20.4 Å². The van der Waals surface area contributed by atoms with E-state index in [0.29, 0.717) is 0 Å². The van der Waals surface area contributed by atoms with Crippen molar-refractivity contribution in [2.24, 2.45) is 0 Å². The van der Waals surface area contributed by atoms with Crippen LogP contribution in [-0.4, -0.2) is 66.5 Å². The van der Waals surface area contributed by atoms with Crippen LogP contribution in [0.15, 0.2) is 60.9 Å². The van der Waals surface area contributed by atoms with Crippen LogP contribution in [0.2, 0.25) is 0 Å². The van der Waals surface area contributed by atoms with Crippen molar-refractivity contribution in [2.45, 2.75) is 30.3 Å². The van der Waals surface area contributed by atoms with E-state index in [1.165, 1.54) is 0 Å². The van der Waals surface area contributed by atoms with Gasteiger partial charge in [-0.3, -0.25) is 0 Å². The number of aliphatic hydroxyl groups excluding tert-OH is 5. The van der Waals surface area contributed by atoms with Gasteiger partial charge in [0.25, 0.3) is 0 Å². The predicted molar refractivity (Wildman–Crippen MR) is 110 cm³/mol. The fourth-order valence-corrected chi connectivity index (χ4v) is 3.97. The van der Waals surface area contributed by atoms with Gasteiger partial charge in [-0.25, -0.2) is 0 Å². The Balaban J connectivity index is 1.86. The zero-order chi connectivity index (χ0) is 20.5. The number of fused-ring (bicyclic) bond motifs is 2. The number of para-hydroxylation sites is 2. The molecule has 7 N–H and O–H groups in total. The number of aliphatic hydroxyl groups is 5. The average Bonchev–Trinajstić information content (AvgIpc) is 3.37. The van der Waals surface area contributed by atoms with Crippen LogP contribution in [0.5, 0.6) is 0 Å². The first kappa shape index (κ1) is 19.6. The van der Waals surface area contributed by atoms with Crippen molar-refractivity contribution in [3.8, 4) is 0 Å². The van der Waals surface area contributed by atoms with Crippen LogP contribution in [-0.2, 0) is 0 Å². The standard InChI is InChI=1S/C22H24N2O5/c25-11-18(26)20(27)22(29)21(28)19(14-9-23-16-7-3-1-5-12(14)16)15-10-24-17-8-4-2-6-13(15)17/h1-10,18-29H,11H2/t18-,20-,21+,22+/m1/s1. The molecule has 2 aromatic carbocycles. The van der Waals surface area contributed by atoms with Crippen molar-refractivity contribution >= 4 is 21.8 Å². The fourth-order valence-electron chi connectivity index (χ4n) is 3.97. The molecule has 0 bridgehead atoms. The van der Waals surface area contributed by atoms with Crippen molar-refractivity contribution in [3.05, 3.63) is 72.1 Å². The lowest BCUT2D eigenvalue weighted by Gasteiger charge is -2.31. The van der Waals surface area contributed by atoms with Gasteiger partial charge in [-0.15, -0.1) is 0 Å². The lowest BCUT2D eigenvalue weighted by atomic mass is 9.82. The third-order valence-corrected chi connectivity index (χ3v) is 5.54. The molecular formula is C22H24N2O5. The summed E-state index contributed by atoms with van der Waals surface area (Å²) in [6.45, 7) is -0.726. The summed E-state index contributed by atoms with van der Waals surface area (Å²) in [4.78, 5) is 6.36. The highest BCUT2D eigenvalue weighted by atomic mass is 16.4. The van der Waals surface area contributed by atoms with Gasteiger partial charge in [0.05, 0.1) is 12.7 Å².